The monoisotopic (exact) mass is 310 g/mol. The predicted molar refractivity (Wildman–Crippen MR) is 76.7 cm³/mol. The van der Waals surface area contributed by atoms with Crippen LogP contribution in [0.15, 0.2) is 18.5 Å². The van der Waals surface area contributed by atoms with Crippen molar-refractivity contribution in [1.82, 2.24) is 20.1 Å². The number of methoxy groups -OCH3 is 2. The summed E-state index contributed by atoms with van der Waals surface area (Å²) in [4.78, 5) is 17.9. The Labute approximate surface area is 126 Å². The Morgan fingerprint density at radius 3 is 2.71 bits per heavy atom. The maximum absolute atomic E-state index is 12.4. The third-order valence-electron chi connectivity index (χ3n) is 2.88. The molecule has 0 saturated heterocycles. The maximum Gasteiger partial charge on any atom is 0.254 e. The molecule has 1 N–H and O–H groups in total. The van der Waals surface area contributed by atoms with Crippen LogP contribution in [0.1, 0.15) is 16.2 Å². The highest BCUT2D eigenvalue weighted by Gasteiger charge is 2.18. The minimum atomic E-state index is -0.214. The van der Waals surface area contributed by atoms with Gasteiger partial charge in [0.15, 0.2) is 11.5 Å². The number of carbonyl (C=O) groups is 1. The first-order valence-electron chi connectivity index (χ1n) is 6.08. The Hall–Kier alpha value is -2.28. The Morgan fingerprint density at radius 2 is 2.14 bits per heavy atom. The van der Waals surface area contributed by atoms with Crippen LogP contribution in [0.25, 0.3) is 0 Å². The molecule has 0 aliphatic heterocycles. The van der Waals surface area contributed by atoms with Crippen molar-refractivity contribution in [2.24, 2.45) is 0 Å². The number of aromatic amines is 1. The van der Waals surface area contributed by atoms with Crippen LogP contribution in [0.3, 0.4) is 0 Å². The van der Waals surface area contributed by atoms with Crippen molar-refractivity contribution in [2.75, 3.05) is 21.3 Å². The van der Waals surface area contributed by atoms with Gasteiger partial charge in [0.05, 0.1) is 25.8 Å². The van der Waals surface area contributed by atoms with Gasteiger partial charge < -0.3 is 14.4 Å². The molecule has 0 atom stereocenters. The molecule has 1 amide bonds. The molecule has 0 bridgehead atoms. The van der Waals surface area contributed by atoms with Crippen molar-refractivity contribution in [3.8, 4) is 11.5 Å². The van der Waals surface area contributed by atoms with Crippen molar-refractivity contribution in [1.29, 1.82) is 0 Å². The Balaban J connectivity index is 2.24. The first-order valence-corrected chi connectivity index (χ1v) is 6.45. The van der Waals surface area contributed by atoms with Crippen molar-refractivity contribution in [3.05, 3.63) is 34.9 Å². The molecule has 2 rings (SSSR count). The van der Waals surface area contributed by atoms with Gasteiger partial charge in [-0.25, -0.2) is 4.98 Å². The summed E-state index contributed by atoms with van der Waals surface area (Å²) in [5, 5.41) is 6.75. The van der Waals surface area contributed by atoms with Crippen LogP contribution in [0.4, 0.5) is 0 Å². The van der Waals surface area contributed by atoms with E-state index in [2.05, 4.69) is 15.2 Å². The van der Waals surface area contributed by atoms with E-state index in [9.17, 15) is 4.79 Å². The molecule has 0 unspecified atom stereocenters. The summed E-state index contributed by atoms with van der Waals surface area (Å²) in [6, 6.07) is 3.13. The van der Waals surface area contributed by atoms with Crippen molar-refractivity contribution < 1.29 is 14.3 Å². The summed E-state index contributed by atoms with van der Waals surface area (Å²) in [5.74, 6) is 1.18. The number of halogens is 1. The zero-order valence-electron chi connectivity index (χ0n) is 11.9. The Kier molecular flexibility index (Phi) is 4.64. The number of aromatic nitrogens is 3. The van der Waals surface area contributed by atoms with Gasteiger partial charge in [0.2, 0.25) is 0 Å². The van der Waals surface area contributed by atoms with Gasteiger partial charge in [-0.1, -0.05) is 11.6 Å². The van der Waals surface area contributed by atoms with Crippen molar-refractivity contribution >= 4 is 17.5 Å². The van der Waals surface area contributed by atoms with Crippen LogP contribution in [-0.2, 0) is 6.54 Å². The van der Waals surface area contributed by atoms with Crippen LogP contribution in [-0.4, -0.2) is 47.3 Å². The average molecular weight is 311 g/mol. The lowest BCUT2D eigenvalue weighted by molar-refractivity contribution is 0.0781. The predicted octanol–water partition coefficient (Wildman–Crippen LogP) is 1.75. The standard InChI is InChI=1S/C13H15ClN4O3/c1-18(6-11-15-7-16-17-11)13(19)8-4-9(14)12(21-3)10(5-8)20-2/h4-5,7H,6H2,1-3H3,(H,15,16,17). The number of nitrogens with zero attached hydrogens (tertiary/aromatic N) is 3. The molecule has 0 fully saturated rings. The van der Waals surface area contributed by atoms with Gasteiger partial charge >= 0.3 is 0 Å². The summed E-state index contributed by atoms with van der Waals surface area (Å²) in [5.41, 5.74) is 0.402. The SMILES string of the molecule is COc1cc(C(=O)N(C)Cc2ncn[nH]2)cc(Cl)c1OC. The molecule has 2 aromatic rings. The minimum Gasteiger partial charge on any atom is -0.493 e. The second-order valence-electron chi connectivity index (χ2n) is 4.29. The molecule has 1 heterocycles. The van der Waals surface area contributed by atoms with E-state index >= 15 is 0 Å². The van der Waals surface area contributed by atoms with Gasteiger partial charge in [0, 0.05) is 12.6 Å². The number of hydrogen-bond donors (Lipinski definition) is 1. The number of benzene rings is 1. The van der Waals surface area contributed by atoms with E-state index in [1.807, 2.05) is 0 Å². The smallest absolute Gasteiger partial charge is 0.254 e. The minimum absolute atomic E-state index is 0.214. The van der Waals surface area contributed by atoms with Gasteiger partial charge in [-0.05, 0) is 12.1 Å². The largest absolute Gasteiger partial charge is 0.493 e. The quantitative estimate of drug-likeness (QED) is 0.910. The molecule has 0 aliphatic rings. The van der Waals surface area contributed by atoms with Crippen LogP contribution >= 0.6 is 11.6 Å². The topological polar surface area (TPSA) is 80.3 Å². The Morgan fingerprint density at radius 1 is 1.38 bits per heavy atom. The summed E-state index contributed by atoms with van der Waals surface area (Å²) in [6.07, 6.45) is 1.39. The van der Waals surface area contributed by atoms with Crippen molar-refractivity contribution in [3.63, 3.8) is 0 Å². The highest BCUT2D eigenvalue weighted by Crippen LogP contribution is 2.36. The van der Waals surface area contributed by atoms with Gasteiger partial charge in [0.25, 0.3) is 5.91 Å². The maximum atomic E-state index is 12.4. The lowest BCUT2D eigenvalue weighted by atomic mass is 10.1. The summed E-state index contributed by atoms with van der Waals surface area (Å²) in [7, 11) is 4.64. The number of ether oxygens (including phenoxy) is 2. The fourth-order valence-corrected chi connectivity index (χ4v) is 2.15. The molecule has 8 heteroatoms. The van der Waals surface area contributed by atoms with Crippen LogP contribution in [0.5, 0.6) is 11.5 Å². The summed E-state index contributed by atoms with van der Waals surface area (Å²) < 4.78 is 10.3. The Bertz CT molecular complexity index is 631. The lowest BCUT2D eigenvalue weighted by Gasteiger charge is -2.17. The van der Waals surface area contributed by atoms with Gasteiger partial charge in [-0.15, -0.1) is 0 Å². The number of rotatable bonds is 5. The number of H-pyrrole nitrogens is 1. The van der Waals surface area contributed by atoms with Crippen LogP contribution < -0.4 is 9.47 Å². The normalized spacial score (nSPS) is 10.3. The molecule has 0 saturated carbocycles. The zero-order valence-corrected chi connectivity index (χ0v) is 12.6. The van der Waals surface area contributed by atoms with E-state index in [1.54, 1.807) is 19.2 Å². The number of hydrogen-bond acceptors (Lipinski definition) is 5. The van der Waals surface area contributed by atoms with E-state index in [1.165, 1.54) is 25.4 Å². The number of amides is 1. The van der Waals surface area contributed by atoms with Gasteiger partial charge in [0.1, 0.15) is 12.2 Å². The molecule has 0 spiro atoms. The highest BCUT2D eigenvalue weighted by molar-refractivity contribution is 6.32. The third kappa shape index (κ3) is 3.25. The number of nitrogens with one attached hydrogen (secondary N) is 1. The number of carbonyl (C=O) groups excluding carboxylic acids is 1. The van der Waals surface area contributed by atoms with Gasteiger partial charge in [-0.2, -0.15) is 5.10 Å². The lowest BCUT2D eigenvalue weighted by Crippen LogP contribution is -2.26. The first-order chi connectivity index (χ1) is 10.1. The molecular formula is C13H15ClN4O3. The fourth-order valence-electron chi connectivity index (χ4n) is 1.87. The molecule has 7 nitrogen and oxygen atoms in total. The summed E-state index contributed by atoms with van der Waals surface area (Å²) >= 11 is 6.10. The molecular weight excluding hydrogens is 296 g/mol. The highest BCUT2D eigenvalue weighted by atomic mass is 35.5. The average Bonchev–Trinajstić information content (AvgIpc) is 2.98. The van der Waals surface area contributed by atoms with E-state index in [0.29, 0.717) is 34.5 Å². The summed E-state index contributed by atoms with van der Waals surface area (Å²) in [6.45, 7) is 0.310. The molecule has 0 aliphatic carbocycles. The van der Waals surface area contributed by atoms with E-state index < -0.39 is 0 Å². The second kappa shape index (κ2) is 6.45. The van der Waals surface area contributed by atoms with Gasteiger partial charge in [-0.3, -0.25) is 9.89 Å². The zero-order chi connectivity index (χ0) is 15.4. The van der Waals surface area contributed by atoms with Crippen LogP contribution in [0, 0.1) is 0 Å². The molecule has 1 aromatic carbocycles. The molecule has 21 heavy (non-hydrogen) atoms. The van der Waals surface area contributed by atoms with E-state index in [-0.39, 0.29) is 5.91 Å². The molecule has 1 aromatic heterocycles. The first kappa shape index (κ1) is 15.1. The molecule has 112 valence electrons. The van der Waals surface area contributed by atoms with E-state index in [4.69, 9.17) is 21.1 Å². The van der Waals surface area contributed by atoms with E-state index in [0.717, 1.165) is 0 Å². The fraction of sp³-hybridized carbons (Fsp3) is 0.308. The molecule has 0 radical (unpaired) electrons. The second-order valence-corrected chi connectivity index (χ2v) is 4.69. The third-order valence-corrected chi connectivity index (χ3v) is 3.16. The van der Waals surface area contributed by atoms with Crippen molar-refractivity contribution in [2.45, 2.75) is 6.54 Å². The van der Waals surface area contributed by atoms with Crippen LogP contribution in [0.2, 0.25) is 5.02 Å².